The van der Waals surface area contributed by atoms with E-state index in [1.165, 1.54) is 13.0 Å². The molecule has 10 heteroatoms. The Bertz CT molecular complexity index is 857. The predicted octanol–water partition coefficient (Wildman–Crippen LogP) is 0.710. The number of aliphatic carboxylic acids is 1. The molecule has 0 aliphatic carbocycles. The average Bonchev–Trinajstić information content (AvgIpc) is 2.72. The van der Waals surface area contributed by atoms with Crippen molar-refractivity contribution in [1.82, 2.24) is 15.5 Å². The summed E-state index contributed by atoms with van der Waals surface area (Å²) in [5.41, 5.74) is 6.34. The van der Waals surface area contributed by atoms with Crippen LogP contribution in [0.2, 0.25) is 0 Å². The zero-order valence-corrected chi connectivity index (χ0v) is 17.8. The first-order valence-corrected chi connectivity index (χ1v) is 10.0. The molecule has 0 saturated carbocycles. The molecule has 0 saturated heterocycles. The minimum absolute atomic E-state index is 0.311. The number of carbonyl (C=O) groups excluding carboxylic acids is 2. The van der Waals surface area contributed by atoms with E-state index < -0.39 is 47.7 Å². The Morgan fingerprint density at radius 2 is 1.90 bits per heavy atom. The first-order valence-electron chi connectivity index (χ1n) is 10.0. The molecule has 0 bridgehead atoms. The second-order valence-corrected chi connectivity index (χ2v) is 7.30. The number of carboxylic acid groups (broad SMARTS) is 1. The first-order chi connectivity index (χ1) is 14.6. The lowest BCUT2D eigenvalue weighted by atomic mass is 9.95. The van der Waals surface area contributed by atoms with Crippen LogP contribution < -0.4 is 16.4 Å². The van der Waals surface area contributed by atoms with Crippen molar-refractivity contribution in [1.29, 1.82) is 5.41 Å². The van der Waals surface area contributed by atoms with E-state index in [1.807, 2.05) is 44.2 Å². The summed E-state index contributed by atoms with van der Waals surface area (Å²) >= 11 is 0. The van der Waals surface area contributed by atoms with E-state index in [-0.39, 0.29) is 6.04 Å². The molecule has 6 N–H and O–H groups in total. The summed E-state index contributed by atoms with van der Waals surface area (Å²) in [5, 5.41) is 22.2. The number of ether oxygens (including phenoxy) is 1. The summed E-state index contributed by atoms with van der Waals surface area (Å²) in [6, 6.07) is 7.21. The third-order valence-corrected chi connectivity index (χ3v) is 4.94. The number of benzene rings is 1. The van der Waals surface area contributed by atoms with Crippen LogP contribution in [0.5, 0.6) is 0 Å². The van der Waals surface area contributed by atoms with Gasteiger partial charge in [-0.1, -0.05) is 37.3 Å². The second-order valence-electron chi connectivity index (χ2n) is 7.30. The minimum Gasteiger partial charge on any atom is -0.475 e. The maximum atomic E-state index is 13.6. The van der Waals surface area contributed by atoms with Crippen LogP contribution in [0.3, 0.4) is 0 Å². The van der Waals surface area contributed by atoms with Crippen molar-refractivity contribution in [3.63, 3.8) is 0 Å². The van der Waals surface area contributed by atoms with Gasteiger partial charge in [0.1, 0.15) is 0 Å². The van der Waals surface area contributed by atoms with Crippen molar-refractivity contribution in [2.24, 2.45) is 5.73 Å². The number of amides is 2. The number of carbonyl (C=O) groups is 3. The van der Waals surface area contributed by atoms with E-state index in [4.69, 9.17) is 15.9 Å². The third-order valence-electron chi connectivity index (χ3n) is 4.94. The van der Waals surface area contributed by atoms with Gasteiger partial charge < -0.3 is 31.1 Å². The van der Waals surface area contributed by atoms with Crippen molar-refractivity contribution in [3.8, 4) is 0 Å². The van der Waals surface area contributed by atoms with Crippen LogP contribution in [-0.2, 0) is 19.1 Å². The summed E-state index contributed by atoms with van der Waals surface area (Å²) in [7, 11) is 0. The molecule has 31 heavy (non-hydrogen) atoms. The highest BCUT2D eigenvalue weighted by Crippen LogP contribution is 2.26. The van der Waals surface area contributed by atoms with Crippen molar-refractivity contribution >= 4 is 23.7 Å². The molecule has 1 heterocycles. The molecular formula is C21H29N5O5. The Hall–Kier alpha value is -3.56. The van der Waals surface area contributed by atoms with Crippen molar-refractivity contribution in [3.05, 3.63) is 47.7 Å². The quantitative estimate of drug-likeness (QED) is 0.299. The van der Waals surface area contributed by atoms with Crippen LogP contribution in [0.4, 0.5) is 0 Å². The smallest absolute Gasteiger partial charge is 0.370 e. The van der Waals surface area contributed by atoms with Crippen molar-refractivity contribution in [2.75, 3.05) is 6.54 Å². The van der Waals surface area contributed by atoms with Gasteiger partial charge in [-0.2, -0.15) is 0 Å². The highest BCUT2D eigenvalue weighted by Gasteiger charge is 2.44. The zero-order chi connectivity index (χ0) is 23.1. The molecule has 1 unspecified atom stereocenters. The normalized spacial score (nSPS) is 21.1. The van der Waals surface area contributed by atoms with Gasteiger partial charge in [0.15, 0.2) is 12.1 Å². The molecule has 2 amide bonds. The van der Waals surface area contributed by atoms with Crippen LogP contribution in [-0.4, -0.2) is 58.5 Å². The molecule has 4 atom stereocenters. The molecular weight excluding hydrogens is 402 g/mol. The highest BCUT2D eigenvalue weighted by molar-refractivity contribution is 5.89. The monoisotopic (exact) mass is 431 g/mol. The highest BCUT2D eigenvalue weighted by atomic mass is 16.5. The Labute approximate surface area is 180 Å². The summed E-state index contributed by atoms with van der Waals surface area (Å²) in [4.78, 5) is 38.7. The SMILES string of the molecule is CCCN(C(=O)[C@@H]1OC(C(=O)O)=C[C@H](NC(=N)N)[C@H]1NC(C)=O)C(C)c1ccccc1. The molecule has 0 spiro atoms. The summed E-state index contributed by atoms with van der Waals surface area (Å²) in [6.45, 7) is 5.48. The van der Waals surface area contributed by atoms with E-state index in [1.54, 1.807) is 4.90 Å². The number of carboxylic acids is 1. The van der Waals surface area contributed by atoms with Crippen LogP contribution in [0.1, 0.15) is 38.8 Å². The minimum atomic E-state index is -1.37. The largest absolute Gasteiger partial charge is 0.475 e. The lowest BCUT2D eigenvalue weighted by Gasteiger charge is -2.40. The van der Waals surface area contributed by atoms with Crippen LogP contribution in [0.15, 0.2) is 42.2 Å². The number of nitrogens with zero attached hydrogens (tertiary/aromatic N) is 1. The molecule has 1 aliphatic rings. The van der Waals surface area contributed by atoms with Gasteiger partial charge in [0.2, 0.25) is 11.7 Å². The van der Waals surface area contributed by atoms with E-state index in [0.717, 1.165) is 5.56 Å². The predicted molar refractivity (Wildman–Crippen MR) is 114 cm³/mol. The lowest BCUT2D eigenvalue weighted by molar-refractivity contribution is -0.151. The van der Waals surface area contributed by atoms with Gasteiger partial charge >= 0.3 is 5.97 Å². The maximum absolute atomic E-state index is 13.6. The number of hydrogen-bond acceptors (Lipinski definition) is 5. The Morgan fingerprint density at radius 1 is 1.26 bits per heavy atom. The van der Waals surface area contributed by atoms with Crippen LogP contribution in [0, 0.1) is 5.41 Å². The Balaban J connectivity index is 2.46. The van der Waals surface area contributed by atoms with Gasteiger partial charge in [0.25, 0.3) is 5.91 Å². The maximum Gasteiger partial charge on any atom is 0.370 e. The van der Waals surface area contributed by atoms with Crippen molar-refractivity contribution in [2.45, 2.75) is 51.4 Å². The standard InChI is InChI=1S/C21H29N5O5/c1-4-10-26(12(2)14-8-6-5-7-9-14)19(28)18-17(24-13(3)27)15(25-21(22)23)11-16(31-18)20(29)30/h5-9,11-12,15,17-18H,4,10H2,1-3H3,(H,24,27)(H,29,30)(H4,22,23,25)/t12?,15-,17+,18+/m0/s1. The van der Waals surface area contributed by atoms with Crippen LogP contribution >= 0.6 is 0 Å². The number of guanidine groups is 1. The van der Waals surface area contributed by atoms with Crippen LogP contribution in [0.25, 0.3) is 0 Å². The summed E-state index contributed by atoms with van der Waals surface area (Å²) in [5.74, 6) is -3.17. The fourth-order valence-corrected chi connectivity index (χ4v) is 3.55. The van der Waals surface area contributed by atoms with E-state index in [0.29, 0.717) is 13.0 Å². The van der Waals surface area contributed by atoms with Gasteiger partial charge in [-0.05, 0) is 25.0 Å². The molecule has 1 aromatic carbocycles. The number of rotatable bonds is 8. The zero-order valence-electron chi connectivity index (χ0n) is 17.8. The lowest BCUT2D eigenvalue weighted by Crippen LogP contribution is -2.63. The van der Waals surface area contributed by atoms with Gasteiger partial charge in [-0.3, -0.25) is 15.0 Å². The van der Waals surface area contributed by atoms with E-state index in [9.17, 15) is 19.5 Å². The first kappa shape index (κ1) is 23.7. The number of nitrogens with two attached hydrogens (primary N) is 1. The van der Waals surface area contributed by atoms with Gasteiger partial charge in [-0.15, -0.1) is 0 Å². The molecule has 10 nitrogen and oxygen atoms in total. The fraction of sp³-hybridized carbons (Fsp3) is 0.429. The fourth-order valence-electron chi connectivity index (χ4n) is 3.55. The van der Waals surface area contributed by atoms with Gasteiger partial charge in [0, 0.05) is 13.5 Å². The number of nitrogens with one attached hydrogen (secondary N) is 3. The molecule has 2 rings (SSSR count). The Morgan fingerprint density at radius 3 is 2.42 bits per heavy atom. The number of hydrogen-bond donors (Lipinski definition) is 5. The molecule has 0 aromatic heterocycles. The molecule has 0 fully saturated rings. The van der Waals surface area contributed by atoms with E-state index in [2.05, 4.69) is 10.6 Å². The molecule has 0 radical (unpaired) electrons. The molecule has 1 aromatic rings. The Kier molecular flexibility index (Phi) is 8.00. The topological polar surface area (TPSA) is 158 Å². The van der Waals surface area contributed by atoms with Gasteiger partial charge in [0.05, 0.1) is 18.1 Å². The average molecular weight is 431 g/mol. The molecule has 1 aliphatic heterocycles. The van der Waals surface area contributed by atoms with E-state index >= 15 is 0 Å². The van der Waals surface area contributed by atoms with Crippen molar-refractivity contribution < 1.29 is 24.2 Å². The summed E-state index contributed by atoms with van der Waals surface area (Å²) in [6.07, 6.45) is 0.533. The summed E-state index contributed by atoms with van der Waals surface area (Å²) < 4.78 is 5.55. The third kappa shape index (κ3) is 5.97. The second kappa shape index (κ2) is 10.5. The molecule has 168 valence electrons. The van der Waals surface area contributed by atoms with Gasteiger partial charge in [-0.25, -0.2) is 4.79 Å².